The third kappa shape index (κ3) is 4.61. The Labute approximate surface area is 131 Å². The molecule has 0 radical (unpaired) electrons. The molecular formula is C15H27N3O2S. The van der Waals surface area contributed by atoms with Crippen LogP contribution in [0, 0.1) is 11.3 Å². The van der Waals surface area contributed by atoms with Gasteiger partial charge < -0.3 is 10.2 Å². The number of hydrogen-bond acceptors (Lipinski definition) is 4. The van der Waals surface area contributed by atoms with Crippen LogP contribution < -0.4 is 10.6 Å². The van der Waals surface area contributed by atoms with Crippen molar-refractivity contribution in [2.75, 3.05) is 31.3 Å². The Morgan fingerprint density at radius 3 is 2.76 bits per heavy atom. The zero-order chi connectivity index (χ0) is 15.5. The third-order valence-corrected chi connectivity index (χ3v) is 5.02. The second-order valence-corrected chi connectivity index (χ2v) is 8.05. The monoisotopic (exact) mass is 313 g/mol. The maximum Gasteiger partial charge on any atom is 0.240 e. The van der Waals surface area contributed by atoms with Crippen LogP contribution in [0.5, 0.6) is 0 Å². The van der Waals surface area contributed by atoms with Crippen LogP contribution in [0.25, 0.3) is 0 Å². The van der Waals surface area contributed by atoms with Crippen molar-refractivity contribution in [2.45, 2.75) is 39.7 Å². The fraction of sp³-hybridized carbons (Fsp3) is 0.867. The normalized spacial score (nSPS) is 26.7. The van der Waals surface area contributed by atoms with E-state index in [2.05, 4.69) is 10.6 Å². The molecule has 0 aromatic heterocycles. The topological polar surface area (TPSA) is 61.4 Å². The first-order valence-corrected chi connectivity index (χ1v) is 8.91. The summed E-state index contributed by atoms with van der Waals surface area (Å²) in [5.41, 5.74) is -0.352. The van der Waals surface area contributed by atoms with E-state index in [1.54, 1.807) is 11.8 Å². The van der Waals surface area contributed by atoms with Gasteiger partial charge in [0.15, 0.2) is 0 Å². The Kier molecular flexibility index (Phi) is 5.54. The summed E-state index contributed by atoms with van der Waals surface area (Å²) < 4.78 is 0. The van der Waals surface area contributed by atoms with E-state index in [-0.39, 0.29) is 23.3 Å². The molecule has 2 heterocycles. The Morgan fingerprint density at radius 1 is 1.38 bits per heavy atom. The van der Waals surface area contributed by atoms with Gasteiger partial charge in [-0.1, -0.05) is 20.8 Å². The van der Waals surface area contributed by atoms with Crippen LogP contribution in [0.15, 0.2) is 0 Å². The molecule has 2 rings (SSSR count). The molecule has 120 valence electrons. The molecule has 21 heavy (non-hydrogen) atoms. The zero-order valence-corrected chi connectivity index (χ0v) is 14.1. The molecule has 2 aliphatic rings. The average molecular weight is 313 g/mol. The minimum absolute atomic E-state index is 0.0158. The molecule has 2 amide bonds. The molecule has 2 fully saturated rings. The number of amides is 2. The van der Waals surface area contributed by atoms with Crippen LogP contribution in [0.1, 0.15) is 33.6 Å². The fourth-order valence-corrected chi connectivity index (χ4v) is 3.64. The number of rotatable bonds is 3. The standard InChI is InChI=1S/C15H27N3O2S/c1-15(2,3)14(20)16-7-11-5-4-6-18(8-11)13(19)12-9-21-10-17-12/h11-12,17H,4-10H2,1-3H3,(H,16,20). The SMILES string of the molecule is CC(C)(C)C(=O)NCC1CCCN(C(=O)C2CSCN2)C1. The van der Waals surface area contributed by atoms with Gasteiger partial charge in [0, 0.05) is 36.7 Å². The number of likely N-dealkylation sites (tertiary alicyclic amines) is 1. The van der Waals surface area contributed by atoms with Crippen molar-refractivity contribution in [3.05, 3.63) is 0 Å². The zero-order valence-electron chi connectivity index (χ0n) is 13.3. The third-order valence-electron chi connectivity index (χ3n) is 4.08. The largest absolute Gasteiger partial charge is 0.355 e. The highest BCUT2D eigenvalue weighted by atomic mass is 32.2. The van der Waals surface area contributed by atoms with Gasteiger partial charge in [0.25, 0.3) is 0 Å². The van der Waals surface area contributed by atoms with E-state index in [0.29, 0.717) is 12.5 Å². The van der Waals surface area contributed by atoms with E-state index in [0.717, 1.165) is 37.6 Å². The van der Waals surface area contributed by atoms with Crippen molar-refractivity contribution in [1.82, 2.24) is 15.5 Å². The molecule has 2 unspecified atom stereocenters. The minimum Gasteiger partial charge on any atom is -0.355 e. The number of carbonyl (C=O) groups excluding carboxylic acids is 2. The lowest BCUT2D eigenvalue weighted by atomic mass is 9.94. The molecule has 2 saturated heterocycles. The van der Waals surface area contributed by atoms with E-state index in [9.17, 15) is 9.59 Å². The van der Waals surface area contributed by atoms with Crippen molar-refractivity contribution in [1.29, 1.82) is 0 Å². The number of carbonyl (C=O) groups is 2. The van der Waals surface area contributed by atoms with Gasteiger partial charge in [-0.25, -0.2) is 0 Å². The number of nitrogens with zero attached hydrogens (tertiary/aromatic N) is 1. The van der Waals surface area contributed by atoms with Crippen LogP contribution in [0.3, 0.4) is 0 Å². The Bertz CT molecular complexity index is 389. The van der Waals surface area contributed by atoms with E-state index in [4.69, 9.17) is 0 Å². The van der Waals surface area contributed by atoms with Crippen molar-refractivity contribution >= 4 is 23.6 Å². The molecule has 0 saturated carbocycles. The average Bonchev–Trinajstić information content (AvgIpc) is 2.97. The Balaban J connectivity index is 1.80. The molecule has 6 heteroatoms. The molecule has 2 N–H and O–H groups in total. The summed E-state index contributed by atoms with van der Waals surface area (Å²) >= 11 is 1.78. The Hall–Kier alpha value is -0.750. The second kappa shape index (κ2) is 7.01. The number of hydrogen-bond donors (Lipinski definition) is 2. The van der Waals surface area contributed by atoms with Gasteiger partial charge in [-0.15, -0.1) is 11.8 Å². The summed E-state index contributed by atoms with van der Waals surface area (Å²) in [5, 5.41) is 6.27. The number of nitrogens with one attached hydrogen (secondary N) is 2. The summed E-state index contributed by atoms with van der Waals surface area (Å²) in [6.45, 7) is 8.05. The van der Waals surface area contributed by atoms with Crippen molar-refractivity contribution in [3.63, 3.8) is 0 Å². The van der Waals surface area contributed by atoms with E-state index >= 15 is 0 Å². The summed E-state index contributed by atoms with van der Waals surface area (Å²) in [6, 6.07) is -0.0158. The maximum atomic E-state index is 12.4. The second-order valence-electron chi connectivity index (χ2n) is 7.02. The first-order chi connectivity index (χ1) is 9.88. The molecule has 0 aromatic carbocycles. The minimum atomic E-state index is -0.352. The highest BCUT2D eigenvalue weighted by Crippen LogP contribution is 2.20. The van der Waals surface area contributed by atoms with E-state index in [1.165, 1.54) is 0 Å². The van der Waals surface area contributed by atoms with Crippen LogP contribution in [-0.2, 0) is 9.59 Å². The fourth-order valence-electron chi connectivity index (χ4n) is 2.71. The molecule has 0 bridgehead atoms. The maximum absolute atomic E-state index is 12.4. The van der Waals surface area contributed by atoms with Crippen molar-refractivity contribution in [3.8, 4) is 0 Å². The van der Waals surface area contributed by atoms with Gasteiger partial charge in [0.2, 0.25) is 11.8 Å². The predicted molar refractivity (Wildman–Crippen MR) is 86.0 cm³/mol. The van der Waals surface area contributed by atoms with Gasteiger partial charge in [-0.2, -0.15) is 0 Å². The number of piperidine rings is 1. The molecule has 5 nitrogen and oxygen atoms in total. The van der Waals surface area contributed by atoms with Gasteiger partial charge in [-0.3, -0.25) is 14.9 Å². The molecular weight excluding hydrogens is 286 g/mol. The van der Waals surface area contributed by atoms with Crippen molar-refractivity contribution < 1.29 is 9.59 Å². The first kappa shape index (κ1) is 16.6. The Morgan fingerprint density at radius 2 is 2.14 bits per heavy atom. The van der Waals surface area contributed by atoms with Crippen LogP contribution in [0.4, 0.5) is 0 Å². The molecule has 0 aliphatic carbocycles. The molecule has 0 spiro atoms. The summed E-state index contributed by atoms with van der Waals surface area (Å²) in [4.78, 5) is 26.3. The molecule has 2 atom stereocenters. The summed E-state index contributed by atoms with van der Waals surface area (Å²) in [6.07, 6.45) is 2.11. The lowest BCUT2D eigenvalue weighted by Crippen LogP contribution is -2.50. The van der Waals surface area contributed by atoms with Crippen LogP contribution in [0.2, 0.25) is 0 Å². The highest BCUT2D eigenvalue weighted by Gasteiger charge is 2.31. The van der Waals surface area contributed by atoms with Gasteiger partial charge in [-0.05, 0) is 18.8 Å². The molecule has 2 aliphatic heterocycles. The number of thioether (sulfide) groups is 1. The lowest BCUT2D eigenvalue weighted by Gasteiger charge is -2.34. The van der Waals surface area contributed by atoms with E-state index in [1.807, 2.05) is 25.7 Å². The summed E-state index contributed by atoms with van der Waals surface area (Å²) in [5.74, 6) is 2.44. The first-order valence-electron chi connectivity index (χ1n) is 7.76. The molecule has 0 aromatic rings. The van der Waals surface area contributed by atoms with Crippen molar-refractivity contribution in [2.24, 2.45) is 11.3 Å². The highest BCUT2D eigenvalue weighted by molar-refractivity contribution is 7.99. The van der Waals surface area contributed by atoms with Crippen LogP contribution >= 0.6 is 11.8 Å². The predicted octanol–water partition coefficient (Wildman–Crippen LogP) is 1.05. The van der Waals surface area contributed by atoms with E-state index < -0.39 is 0 Å². The smallest absolute Gasteiger partial charge is 0.240 e. The van der Waals surface area contributed by atoms with Gasteiger partial charge in [0.05, 0.1) is 6.04 Å². The quantitative estimate of drug-likeness (QED) is 0.817. The van der Waals surface area contributed by atoms with Gasteiger partial charge in [0.1, 0.15) is 0 Å². The summed E-state index contributed by atoms with van der Waals surface area (Å²) in [7, 11) is 0. The lowest BCUT2D eigenvalue weighted by molar-refractivity contribution is -0.134. The van der Waals surface area contributed by atoms with Crippen LogP contribution in [-0.4, -0.2) is 54.0 Å². The van der Waals surface area contributed by atoms with Gasteiger partial charge >= 0.3 is 0 Å².